The van der Waals surface area contributed by atoms with Crippen LogP contribution in [0.5, 0.6) is 0 Å². The average Bonchev–Trinajstić information content (AvgIpc) is 2.68. The number of aliphatic hydroxyl groups is 1. The monoisotopic (exact) mass is 242 g/mol. The molecule has 0 aliphatic carbocycles. The summed E-state index contributed by atoms with van der Waals surface area (Å²) in [6.07, 6.45) is -0.0561. The molecule has 1 aromatic heterocycles. The van der Waals surface area contributed by atoms with Gasteiger partial charge in [0.2, 0.25) is 5.91 Å². The summed E-state index contributed by atoms with van der Waals surface area (Å²) in [4.78, 5) is 11.7. The Hall–Kier alpha value is -1.24. The van der Waals surface area contributed by atoms with Crippen LogP contribution >= 0.6 is 11.6 Å². The smallest absolute Gasteiger partial charge is 0.242 e. The van der Waals surface area contributed by atoms with Gasteiger partial charge in [-0.3, -0.25) is 4.79 Å². The number of aliphatic hydroxyl groups excluding tert-OH is 1. The molecule has 7 heteroatoms. The van der Waals surface area contributed by atoms with Gasteiger partial charge in [-0.15, -0.1) is 10.2 Å². The maximum atomic E-state index is 11.7. The second-order valence-corrected chi connectivity index (χ2v) is 3.97. The molecule has 16 heavy (non-hydrogen) atoms. The fraction of sp³-hybridized carbons (Fsp3) is 0.444. The zero-order valence-electron chi connectivity index (χ0n) is 8.35. The van der Waals surface area contributed by atoms with Gasteiger partial charge in [-0.1, -0.05) is 11.6 Å². The highest BCUT2D eigenvalue weighted by molar-refractivity contribution is 6.29. The van der Waals surface area contributed by atoms with Crippen LogP contribution in [0.3, 0.4) is 0 Å². The number of rotatable bonds is 2. The van der Waals surface area contributed by atoms with Crippen LogP contribution < -0.4 is 10.6 Å². The second-order valence-electron chi connectivity index (χ2n) is 3.58. The van der Waals surface area contributed by atoms with Crippen molar-refractivity contribution in [2.45, 2.75) is 18.6 Å². The minimum atomic E-state index is -0.466. The van der Waals surface area contributed by atoms with E-state index in [1.807, 2.05) is 0 Å². The Morgan fingerprint density at radius 3 is 2.94 bits per heavy atom. The van der Waals surface area contributed by atoms with Crippen LogP contribution in [0.25, 0.3) is 0 Å². The lowest BCUT2D eigenvalue weighted by atomic mass is 10.2. The van der Waals surface area contributed by atoms with Crippen molar-refractivity contribution in [3.8, 4) is 0 Å². The van der Waals surface area contributed by atoms with Gasteiger partial charge in [-0.05, 0) is 18.6 Å². The third-order valence-corrected chi connectivity index (χ3v) is 2.51. The lowest BCUT2D eigenvalue weighted by Crippen LogP contribution is -2.35. The summed E-state index contributed by atoms with van der Waals surface area (Å²) in [5.41, 5.74) is 0. The van der Waals surface area contributed by atoms with E-state index in [1.54, 1.807) is 12.1 Å². The van der Waals surface area contributed by atoms with E-state index in [2.05, 4.69) is 20.8 Å². The first kappa shape index (κ1) is 11.3. The Morgan fingerprint density at radius 2 is 2.38 bits per heavy atom. The normalized spacial score (nSPS) is 24.4. The molecule has 86 valence electrons. The summed E-state index contributed by atoms with van der Waals surface area (Å²) >= 11 is 5.56. The fourth-order valence-corrected chi connectivity index (χ4v) is 1.61. The zero-order chi connectivity index (χ0) is 11.5. The van der Waals surface area contributed by atoms with E-state index < -0.39 is 6.10 Å². The summed E-state index contributed by atoms with van der Waals surface area (Å²) in [5.74, 6) is 0.116. The summed E-state index contributed by atoms with van der Waals surface area (Å²) < 4.78 is 0. The van der Waals surface area contributed by atoms with E-state index in [4.69, 9.17) is 11.6 Å². The summed E-state index contributed by atoms with van der Waals surface area (Å²) in [6.45, 7) is 0.435. The van der Waals surface area contributed by atoms with Crippen molar-refractivity contribution in [1.29, 1.82) is 0 Å². The predicted octanol–water partition coefficient (Wildman–Crippen LogP) is -0.209. The number of anilines is 1. The van der Waals surface area contributed by atoms with Gasteiger partial charge in [-0.2, -0.15) is 0 Å². The molecule has 1 saturated heterocycles. The van der Waals surface area contributed by atoms with Gasteiger partial charge >= 0.3 is 0 Å². The zero-order valence-corrected chi connectivity index (χ0v) is 9.11. The highest BCUT2D eigenvalue weighted by Gasteiger charge is 2.28. The Labute approximate surface area is 97.0 Å². The number of halogens is 1. The van der Waals surface area contributed by atoms with E-state index in [1.165, 1.54) is 0 Å². The molecular formula is C9H11ClN4O2. The number of aromatic nitrogens is 2. The van der Waals surface area contributed by atoms with Gasteiger partial charge in [0.1, 0.15) is 0 Å². The van der Waals surface area contributed by atoms with Crippen LogP contribution in [-0.4, -0.2) is 39.9 Å². The van der Waals surface area contributed by atoms with Crippen LogP contribution in [0.1, 0.15) is 6.42 Å². The molecule has 2 rings (SSSR count). The van der Waals surface area contributed by atoms with E-state index in [-0.39, 0.29) is 17.1 Å². The molecule has 6 nitrogen and oxygen atoms in total. The topological polar surface area (TPSA) is 87.1 Å². The van der Waals surface area contributed by atoms with E-state index in [9.17, 15) is 9.90 Å². The molecule has 2 heterocycles. The Balaban J connectivity index is 1.94. The summed E-state index contributed by atoms with van der Waals surface area (Å²) in [6, 6.07) is 2.73. The predicted molar refractivity (Wildman–Crippen MR) is 58.1 cm³/mol. The lowest BCUT2D eigenvalue weighted by Gasteiger charge is -2.09. The van der Waals surface area contributed by atoms with Gasteiger partial charge in [0.15, 0.2) is 11.0 Å². The molecular weight excluding hydrogens is 232 g/mol. The van der Waals surface area contributed by atoms with Crippen molar-refractivity contribution < 1.29 is 9.90 Å². The van der Waals surface area contributed by atoms with Crippen LogP contribution in [0.15, 0.2) is 12.1 Å². The first-order valence-electron chi connectivity index (χ1n) is 4.86. The maximum absolute atomic E-state index is 11.7. The number of hydrogen-bond donors (Lipinski definition) is 3. The largest absolute Gasteiger partial charge is 0.392 e. The number of carbonyl (C=O) groups is 1. The number of nitrogens with one attached hydrogen (secondary N) is 2. The molecule has 0 saturated carbocycles. The molecule has 3 N–H and O–H groups in total. The van der Waals surface area contributed by atoms with E-state index in [0.29, 0.717) is 18.8 Å². The second kappa shape index (κ2) is 4.73. The van der Waals surface area contributed by atoms with Crippen molar-refractivity contribution in [3.05, 3.63) is 17.3 Å². The third-order valence-electron chi connectivity index (χ3n) is 2.31. The Bertz CT molecular complexity index is 384. The molecule has 0 radical (unpaired) electrons. The standard InChI is InChI=1S/C9H11ClN4O2/c10-7-1-2-8(14-13-7)12-9(16)6-3-5(15)4-11-6/h1-2,5-6,11,15H,3-4H2,(H,12,14,16). The SMILES string of the molecule is O=C(Nc1ccc(Cl)nn1)C1CC(O)CN1. The molecule has 1 amide bonds. The Kier molecular flexibility index (Phi) is 3.33. The van der Waals surface area contributed by atoms with E-state index >= 15 is 0 Å². The molecule has 0 bridgehead atoms. The van der Waals surface area contributed by atoms with Gasteiger partial charge in [0.05, 0.1) is 12.1 Å². The highest BCUT2D eigenvalue weighted by atomic mass is 35.5. The minimum absolute atomic E-state index is 0.229. The quantitative estimate of drug-likeness (QED) is 0.668. The highest BCUT2D eigenvalue weighted by Crippen LogP contribution is 2.10. The maximum Gasteiger partial charge on any atom is 0.242 e. The average molecular weight is 243 g/mol. The van der Waals surface area contributed by atoms with E-state index in [0.717, 1.165) is 0 Å². The molecule has 1 aromatic rings. The number of nitrogens with zero attached hydrogens (tertiary/aromatic N) is 2. The van der Waals surface area contributed by atoms with Gasteiger partial charge in [-0.25, -0.2) is 0 Å². The molecule has 0 aromatic carbocycles. The van der Waals surface area contributed by atoms with Crippen molar-refractivity contribution in [2.24, 2.45) is 0 Å². The van der Waals surface area contributed by atoms with Crippen LogP contribution in [-0.2, 0) is 4.79 Å². The molecule has 2 unspecified atom stereocenters. The third kappa shape index (κ3) is 2.66. The van der Waals surface area contributed by atoms with Gasteiger partial charge < -0.3 is 15.7 Å². The van der Waals surface area contributed by atoms with Crippen LogP contribution in [0.4, 0.5) is 5.82 Å². The molecule has 2 atom stereocenters. The van der Waals surface area contributed by atoms with Crippen LogP contribution in [0.2, 0.25) is 5.15 Å². The fourth-order valence-electron chi connectivity index (χ4n) is 1.51. The molecule has 1 aliphatic rings. The number of hydrogen-bond acceptors (Lipinski definition) is 5. The van der Waals surface area contributed by atoms with Crippen LogP contribution in [0, 0.1) is 0 Å². The number of amides is 1. The minimum Gasteiger partial charge on any atom is -0.392 e. The van der Waals surface area contributed by atoms with Crippen molar-refractivity contribution >= 4 is 23.3 Å². The lowest BCUT2D eigenvalue weighted by molar-refractivity contribution is -0.118. The van der Waals surface area contributed by atoms with Gasteiger partial charge in [0, 0.05) is 6.54 Å². The number of β-amino-alcohol motifs (C(OH)–C–C–N with tert-alkyl or cyclic N) is 1. The molecule has 1 fully saturated rings. The molecule has 1 aliphatic heterocycles. The van der Waals surface area contributed by atoms with Crippen molar-refractivity contribution in [2.75, 3.05) is 11.9 Å². The van der Waals surface area contributed by atoms with Gasteiger partial charge in [0.25, 0.3) is 0 Å². The summed E-state index contributed by atoms with van der Waals surface area (Å²) in [7, 11) is 0. The molecule has 0 spiro atoms. The van der Waals surface area contributed by atoms with Crippen molar-refractivity contribution in [1.82, 2.24) is 15.5 Å². The first-order chi connectivity index (χ1) is 7.65. The number of carbonyl (C=O) groups excluding carboxylic acids is 1. The van der Waals surface area contributed by atoms with Crippen molar-refractivity contribution in [3.63, 3.8) is 0 Å². The Morgan fingerprint density at radius 1 is 1.56 bits per heavy atom. The summed E-state index contributed by atoms with van der Waals surface area (Å²) in [5, 5.41) is 22.3. The first-order valence-corrected chi connectivity index (χ1v) is 5.24.